The van der Waals surface area contributed by atoms with E-state index < -0.39 is 0 Å². The maximum absolute atomic E-state index is 12.3. The molecule has 0 radical (unpaired) electrons. The van der Waals surface area contributed by atoms with Crippen LogP contribution >= 0.6 is 0 Å². The van der Waals surface area contributed by atoms with Crippen LogP contribution in [0.3, 0.4) is 0 Å². The summed E-state index contributed by atoms with van der Waals surface area (Å²) in [4.78, 5) is 16.4. The van der Waals surface area contributed by atoms with E-state index in [1.54, 1.807) is 24.5 Å². The van der Waals surface area contributed by atoms with E-state index in [1.165, 1.54) is 51.4 Å². The number of pyridine rings is 1. The molecule has 7 heteroatoms. The van der Waals surface area contributed by atoms with Crippen molar-refractivity contribution in [3.8, 4) is 0 Å². The number of hydrogen-bond donors (Lipinski definition) is 1. The largest absolute Gasteiger partial charge is 1.00 e. The van der Waals surface area contributed by atoms with Gasteiger partial charge >= 0.3 is 0 Å². The van der Waals surface area contributed by atoms with Gasteiger partial charge in [0.25, 0.3) is 5.91 Å². The van der Waals surface area contributed by atoms with Gasteiger partial charge in [-0.2, -0.15) is 0 Å². The number of imidazole rings is 1. The molecule has 2 aromatic heterocycles. The third-order valence-corrected chi connectivity index (χ3v) is 5.74. The molecule has 2 heterocycles. The maximum Gasteiger partial charge on any atom is 0.255 e. The van der Waals surface area contributed by atoms with E-state index in [-0.39, 0.29) is 18.3 Å². The van der Waals surface area contributed by atoms with Gasteiger partial charge in [-0.25, -0.2) is 9.13 Å². The Morgan fingerprint density at radius 1 is 1.00 bits per heavy atom. The summed E-state index contributed by atoms with van der Waals surface area (Å²) in [5, 5.41) is 2.96. The molecule has 6 nitrogen and oxygen atoms in total. The molecule has 0 fully saturated rings. The lowest BCUT2D eigenvalue weighted by Gasteiger charge is -2.03. The lowest BCUT2D eigenvalue weighted by Crippen LogP contribution is -3.00. The highest BCUT2D eigenvalue weighted by Crippen LogP contribution is 2.12. The second-order valence-corrected chi connectivity index (χ2v) is 8.32. The Kier molecular flexibility index (Phi) is 12.5. The molecule has 1 amide bonds. The molecule has 0 aliphatic carbocycles. The Morgan fingerprint density at radius 2 is 1.73 bits per heavy atom. The standard InChI is InChI=1S/C26H36N4O2.ClH/c1-2-3-4-5-6-7-8-9-12-18-32-22-30-21-29(24-15-10-11-16-25(24)30)20-28-26(31)23-14-13-17-27-19-23;/h10-11,13-17,19,21H,2-9,12,18,20,22H2,1H3;1H. The zero-order chi connectivity index (χ0) is 22.4. The molecule has 0 spiro atoms. The molecule has 3 rings (SSSR count). The third kappa shape index (κ3) is 8.78. The molecule has 0 aliphatic heterocycles. The average molecular weight is 473 g/mol. The van der Waals surface area contributed by atoms with Crippen LogP contribution in [0, 0.1) is 0 Å². The molecule has 180 valence electrons. The van der Waals surface area contributed by atoms with Gasteiger partial charge in [-0.15, -0.1) is 0 Å². The van der Waals surface area contributed by atoms with Crippen LogP contribution < -0.4 is 22.3 Å². The zero-order valence-electron chi connectivity index (χ0n) is 19.7. The number of hydrogen-bond acceptors (Lipinski definition) is 3. The summed E-state index contributed by atoms with van der Waals surface area (Å²) in [5.41, 5.74) is 2.71. The number of unbranched alkanes of at least 4 members (excludes halogenated alkanes) is 8. The van der Waals surface area contributed by atoms with Gasteiger partial charge in [0.05, 0.1) is 12.2 Å². The number of nitrogens with zero attached hydrogens (tertiary/aromatic N) is 3. The lowest BCUT2D eigenvalue weighted by atomic mass is 10.1. The maximum atomic E-state index is 12.3. The second kappa shape index (κ2) is 15.4. The summed E-state index contributed by atoms with van der Waals surface area (Å²) in [6, 6.07) is 11.7. The van der Waals surface area contributed by atoms with E-state index in [1.807, 2.05) is 23.0 Å². The molecular weight excluding hydrogens is 436 g/mol. The van der Waals surface area contributed by atoms with Gasteiger partial charge in [0.1, 0.15) is 0 Å². The smallest absolute Gasteiger partial charge is 0.255 e. The molecule has 0 bridgehead atoms. The van der Waals surface area contributed by atoms with E-state index in [4.69, 9.17) is 4.74 Å². The predicted octanol–water partition coefficient (Wildman–Crippen LogP) is 2.22. The van der Waals surface area contributed by atoms with Crippen LogP contribution in [0.2, 0.25) is 0 Å². The van der Waals surface area contributed by atoms with Crippen LogP contribution in [-0.4, -0.2) is 22.1 Å². The van der Waals surface area contributed by atoms with E-state index >= 15 is 0 Å². The Hall–Kier alpha value is -2.44. The van der Waals surface area contributed by atoms with Crippen molar-refractivity contribution in [2.45, 2.75) is 78.1 Å². The summed E-state index contributed by atoms with van der Waals surface area (Å²) in [6.07, 6.45) is 17.1. The SMILES string of the molecule is CCCCCCCCCCCOCn1c[n+](CNC(=O)c2cccnc2)c2ccccc21.[Cl-]. The lowest BCUT2D eigenvalue weighted by molar-refractivity contribution is -0.675. The molecule has 0 unspecified atom stereocenters. The molecule has 0 aliphatic rings. The minimum Gasteiger partial charge on any atom is -1.00 e. The summed E-state index contributed by atoms with van der Waals surface area (Å²) >= 11 is 0. The van der Waals surface area contributed by atoms with Crippen LogP contribution in [0.5, 0.6) is 0 Å². The van der Waals surface area contributed by atoms with Crippen LogP contribution in [-0.2, 0) is 18.1 Å². The van der Waals surface area contributed by atoms with Crippen molar-refractivity contribution < 1.29 is 26.5 Å². The number of aromatic nitrogens is 3. The fourth-order valence-electron chi connectivity index (χ4n) is 3.91. The highest BCUT2D eigenvalue weighted by molar-refractivity contribution is 5.93. The Balaban J connectivity index is 0.00000385. The summed E-state index contributed by atoms with van der Waals surface area (Å²) in [5.74, 6) is -0.135. The molecule has 1 N–H and O–H groups in total. The number of rotatable bonds is 15. The number of benzene rings is 1. The number of halogens is 1. The number of para-hydroxylation sites is 2. The zero-order valence-corrected chi connectivity index (χ0v) is 20.5. The topological polar surface area (TPSA) is 60.0 Å². The fourth-order valence-corrected chi connectivity index (χ4v) is 3.91. The van der Waals surface area contributed by atoms with Crippen molar-refractivity contribution in [1.29, 1.82) is 0 Å². The first-order valence-corrected chi connectivity index (χ1v) is 12.0. The van der Waals surface area contributed by atoms with Gasteiger partial charge in [0.15, 0.2) is 24.4 Å². The van der Waals surface area contributed by atoms with Gasteiger partial charge in [-0.05, 0) is 30.7 Å². The first kappa shape index (κ1) is 26.8. The van der Waals surface area contributed by atoms with Gasteiger partial charge in [0.2, 0.25) is 6.33 Å². The van der Waals surface area contributed by atoms with Crippen molar-refractivity contribution in [2.75, 3.05) is 6.61 Å². The van der Waals surface area contributed by atoms with Crippen molar-refractivity contribution in [3.63, 3.8) is 0 Å². The molecule has 3 aromatic rings. The number of fused-ring (bicyclic) bond motifs is 1. The minimum atomic E-state index is -0.135. The number of carbonyl (C=O) groups excluding carboxylic acids is 1. The van der Waals surface area contributed by atoms with Crippen molar-refractivity contribution in [2.24, 2.45) is 0 Å². The van der Waals surface area contributed by atoms with Crippen molar-refractivity contribution in [1.82, 2.24) is 14.9 Å². The van der Waals surface area contributed by atoms with Crippen LogP contribution in [0.15, 0.2) is 55.1 Å². The van der Waals surface area contributed by atoms with Crippen molar-refractivity contribution >= 4 is 16.9 Å². The number of ether oxygens (including phenoxy) is 1. The van der Waals surface area contributed by atoms with Gasteiger partial charge < -0.3 is 22.5 Å². The molecule has 0 saturated heterocycles. The van der Waals surface area contributed by atoms with Crippen LogP contribution in [0.1, 0.15) is 75.1 Å². The number of carbonyl (C=O) groups is 1. The van der Waals surface area contributed by atoms with Crippen LogP contribution in [0.25, 0.3) is 11.0 Å². The van der Waals surface area contributed by atoms with Crippen molar-refractivity contribution in [3.05, 3.63) is 60.7 Å². The highest BCUT2D eigenvalue weighted by atomic mass is 35.5. The summed E-state index contributed by atoms with van der Waals surface area (Å²) in [6.45, 7) is 3.94. The summed E-state index contributed by atoms with van der Waals surface area (Å²) < 4.78 is 10.1. The molecule has 33 heavy (non-hydrogen) atoms. The van der Waals surface area contributed by atoms with E-state index in [0.717, 1.165) is 24.1 Å². The molecule has 0 atom stereocenters. The summed E-state index contributed by atoms with van der Waals surface area (Å²) in [7, 11) is 0. The highest BCUT2D eigenvalue weighted by Gasteiger charge is 2.16. The molecular formula is C26H37ClN4O2. The van der Waals surface area contributed by atoms with E-state index in [2.05, 4.69) is 33.9 Å². The molecule has 0 saturated carbocycles. The monoisotopic (exact) mass is 472 g/mol. The number of nitrogens with one attached hydrogen (secondary N) is 1. The van der Waals surface area contributed by atoms with E-state index in [0.29, 0.717) is 19.0 Å². The average Bonchev–Trinajstić information content (AvgIpc) is 3.19. The third-order valence-electron chi connectivity index (χ3n) is 5.74. The Labute approximate surface area is 203 Å². The van der Waals surface area contributed by atoms with Crippen LogP contribution in [0.4, 0.5) is 0 Å². The quantitative estimate of drug-likeness (QED) is 0.272. The predicted molar refractivity (Wildman–Crippen MR) is 127 cm³/mol. The van der Waals surface area contributed by atoms with E-state index in [9.17, 15) is 4.79 Å². The molecule has 1 aromatic carbocycles. The van der Waals surface area contributed by atoms with Gasteiger partial charge in [-0.3, -0.25) is 9.78 Å². The minimum absolute atomic E-state index is 0. The first-order chi connectivity index (χ1) is 15.8. The first-order valence-electron chi connectivity index (χ1n) is 12.0. The van der Waals surface area contributed by atoms with Gasteiger partial charge in [0, 0.05) is 12.4 Å². The Bertz CT molecular complexity index is 946. The van der Waals surface area contributed by atoms with Gasteiger partial charge in [-0.1, -0.05) is 70.4 Å². The normalized spacial score (nSPS) is 10.8. The Morgan fingerprint density at radius 3 is 2.45 bits per heavy atom. The second-order valence-electron chi connectivity index (χ2n) is 8.32. The number of amides is 1. The fraction of sp³-hybridized carbons (Fsp3) is 0.500.